The van der Waals surface area contributed by atoms with Crippen molar-refractivity contribution in [2.75, 3.05) is 6.61 Å². The van der Waals surface area contributed by atoms with Gasteiger partial charge in [0.1, 0.15) is 28.6 Å². The van der Waals surface area contributed by atoms with E-state index in [-0.39, 0.29) is 29.2 Å². The average molecular weight is 514 g/mol. The van der Waals surface area contributed by atoms with Crippen molar-refractivity contribution in [3.63, 3.8) is 0 Å². The highest BCUT2D eigenvalue weighted by Gasteiger charge is 2.46. The second kappa shape index (κ2) is 9.89. The normalized spacial score (nSPS) is 18.7. The van der Waals surface area contributed by atoms with Gasteiger partial charge in [-0.1, -0.05) is 24.3 Å². The highest BCUT2D eigenvalue weighted by molar-refractivity contribution is 6.46. The Hall–Kier alpha value is -4.26. The minimum absolute atomic E-state index is 0.0186. The summed E-state index contributed by atoms with van der Waals surface area (Å²) in [6.45, 7) is 6.70. The van der Waals surface area contributed by atoms with E-state index in [0.717, 1.165) is 29.7 Å². The van der Waals surface area contributed by atoms with Gasteiger partial charge in [0, 0.05) is 12.1 Å². The van der Waals surface area contributed by atoms with Gasteiger partial charge in [-0.05, 0) is 92.8 Å². The van der Waals surface area contributed by atoms with E-state index in [1.807, 2.05) is 51.1 Å². The van der Waals surface area contributed by atoms with Crippen LogP contribution in [0.25, 0.3) is 5.76 Å². The fourth-order valence-electron chi connectivity index (χ4n) is 4.92. The third-order valence-electron chi connectivity index (χ3n) is 6.63. The van der Waals surface area contributed by atoms with Crippen LogP contribution < -0.4 is 9.47 Å². The molecule has 0 radical (unpaired) electrons. The molecule has 1 unspecified atom stereocenters. The summed E-state index contributed by atoms with van der Waals surface area (Å²) in [4.78, 5) is 28.2. The van der Waals surface area contributed by atoms with Crippen LogP contribution in [0.4, 0.5) is 0 Å². The number of hydrogen-bond acceptors (Lipinski definition) is 6. The van der Waals surface area contributed by atoms with Gasteiger partial charge in [-0.25, -0.2) is 0 Å². The van der Waals surface area contributed by atoms with Gasteiger partial charge >= 0.3 is 0 Å². The number of nitrogens with zero attached hydrogens (tertiary/aromatic N) is 1. The first-order valence-corrected chi connectivity index (χ1v) is 12.7. The molecule has 3 aromatic rings. The molecule has 196 valence electrons. The zero-order valence-corrected chi connectivity index (χ0v) is 21.7. The number of ketones is 1. The van der Waals surface area contributed by atoms with Gasteiger partial charge in [0.2, 0.25) is 0 Å². The number of ether oxygens (including phenoxy) is 2. The van der Waals surface area contributed by atoms with Gasteiger partial charge in [0.05, 0.1) is 18.2 Å². The van der Waals surface area contributed by atoms with Crippen LogP contribution in [0.15, 0.2) is 72.3 Å². The largest absolute Gasteiger partial charge is 0.508 e. The first-order valence-electron chi connectivity index (χ1n) is 12.7. The monoisotopic (exact) mass is 513 g/mol. The first kappa shape index (κ1) is 25.4. The molecule has 1 fully saturated rings. The number of aryl methyl sites for hydroxylation is 1. The number of likely N-dealkylation sites (tertiary alicyclic amines) is 1. The highest BCUT2D eigenvalue weighted by Crippen LogP contribution is 2.41. The molecule has 1 saturated heterocycles. The van der Waals surface area contributed by atoms with Crippen LogP contribution in [-0.4, -0.2) is 39.0 Å². The lowest BCUT2D eigenvalue weighted by molar-refractivity contribution is -0.140. The number of phenols is 1. The molecule has 7 heteroatoms. The van der Waals surface area contributed by atoms with Crippen molar-refractivity contribution in [2.45, 2.75) is 51.8 Å². The van der Waals surface area contributed by atoms with E-state index in [4.69, 9.17) is 9.47 Å². The van der Waals surface area contributed by atoms with Gasteiger partial charge < -0.3 is 24.6 Å². The molecule has 3 aromatic carbocycles. The summed E-state index contributed by atoms with van der Waals surface area (Å²) >= 11 is 0. The number of carbonyl (C=O) groups excluding carboxylic acids is 2. The Balaban J connectivity index is 1.54. The van der Waals surface area contributed by atoms with Crippen LogP contribution in [0.2, 0.25) is 0 Å². The van der Waals surface area contributed by atoms with Crippen molar-refractivity contribution < 1.29 is 29.3 Å². The summed E-state index contributed by atoms with van der Waals surface area (Å²) < 4.78 is 11.6. The van der Waals surface area contributed by atoms with E-state index in [2.05, 4.69) is 0 Å². The molecular weight excluding hydrogens is 482 g/mol. The quantitative estimate of drug-likeness (QED) is 0.265. The van der Waals surface area contributed by atoms with Crippen molar-refractivity contribution in [1.29, 1.82) is 0 Å². The Morgan fingerprint density at radius 3 is 2.42 bits per heavy atom. The summed E-state index contributed by atoms with van der Waals surface area (Å²) in [7, 11) is 0. The van der Waals surface area contributed by atoms with Crippen molar-refractivity contribution in [1.82, 2.24) is 4.90 Å². The van der Waals surface area contributed by atoms with Crippen LogP contribution in [0, 0.1) is 0 Å². The van der Waals surface area contributed by atoms with Gasteiger partial charge in [-0.3, -0.25) is 9.59 Å². The molecule has 7 nitrogen and oxygen atoms in total. The number of Topliss-reactive ketones (excluding diaryl/α,β-unsaturated/α-hetero) is 1. The fourth-order valence-corrected chi connectivity index (χ4v) is 4.92. The van der Waals surface area contributed by atoms with Gasteiger partial charge in [0.25, 0.3) is 11.7 Å². The molecule has 5 rings (SSSR count). The number of aliphatic hydroxyl groups is 1. The number of aliphatic hydroxyl groups excluding tert-OH is 1. The van der Waals surface area contributed by atoms with Crippen LogP contribution >= 0.6 is 0 Å². The maximum atomic E-state index is 13.4. The number of benzene rings is 3. The maximum absolute atomic E-state index is 13.4. The number of rotatable bonds is 5. The second-order valence-electron chi connectivity index (χ2n) is 10.7. The number of fused-ring (bicyclic) bond motifs is 1. The van der Waals surface area contributed by atoms with Crippen molar-refractivity contribution in [3.8, 4) is 17.2 Å². The summed E-state index contributed by atoms with van der Waals surface area (Å²) in [5.74, 6) is -0.138. The lowest BCUT2D eigenvalue weighted by atomic mass is 9.94. The molecule has 0 bridgehead atoms. The SMILES string of the molecule is CC(C)(C)Oc1ccc(CN2C(=O)C(=O)/C(=C(\O)c3ccc4c(c3)CCCO4)C2c2ccc(O)cc2)cc1. The number of aromatic hydroxyl groups is 1. The smallest absolute Gasteiger partial charge is 0.295 e. The van der Waals surface area contributed by atoms with Crippen LogP contribution in [0.1, 0.15) is 55.5 Å². The molecule has 1 amide bonds. The minimum atomic E-state index is -0.826. The van der Waals surface area contributed by atoms with E-state index in [9.17, 15) is 19.8 Å². The lowest BCUT2D eigenvalue weighted by Crippen LogP contribution is -2.29. The predicted octanol–water partition coefficient (Wildman–Crippen LogP) is 5.52. The number of phenolic OH excluding ortho intramolecular Hbond substituents is 1. The van der Waals surface area contributed by atoms with Crippen LogP contribution in [0.5, 0.6) is 17.2 Å². The van der Waals surface area contributed by atoms with Crippen LogP contribution in [0.3, 0.4) is 0 Å². The number of carbonyl (C=O) groups is 2. The molecule has 2 aliphatic rings. The molecule has 2 heterocycles. The molecule has 0 spiro atoms. The molecule has 2 aliphatic heterocycles. The fraction of sp³-hybridized carbons (Fsp3) is 0.290. The molecule has 2 N–H and O–H groups in total. The molecule has 0 saturated carbocycles. The molecule has 38 heavy (non-hydrogen) atoms. The zero-order chi connectivity index (χ0) is 27.0. The van der Waals surface area contributed by atoms with E-state index < -0.39 is 17.7 Å². The molecule has 1 atom stereocenters. The van der Waals surface area contributed by atoms with E-state index in [0.29, 0.717) is 23.5 Å². The van der Waals surface area contributed by atoms with Gasteiger partial charge in [-0.2, -0.15) is 0 Å². The van der Waals surface area contributed by atoms with Gasteiger partial charge in [0.15, 0.2) is 0 Å². The third-order valence-corrected chi connectivity index (χ3v) is 6.63. The maximum Gasteiger partial charge on any atom is 0.295 e. The van der Waals surface area contributed by atoms with Gasteiger partial charge in [-0.15, -0.1) is 0 Å². The highest BCUT2D eigenvalue weighted by atomic mass is 16.5. The molecule has 0 aromatic heterocycles. The Morgan fingerprint density at radius 2 is 1.74 bits per heavy atom. The summed E-state index contributed by atoms with van der Waals surface area (Å²) in [5, 5.41) is 21.2. The average Bonchev–Trinajstić information content (AvgIpc) is 3.13. The van der Waals surface area contributed by atoms with Crippen molar-refractivity contribution in [3.05, 3.63) is 94.6 Å². The molecular formula is C31H31NO6. The number of amides is 1. The Morgan fingerprint density at radius 1 is 1.03 bits per heavy atom. The number of hydrogen-bond donors (Lipinski definition) is 2. The Bertz CT molecular complexity index is 1400. The zero-order valence-electron chi connectivity index (χ0n) is 21.7. The van der Waals surface area contributed by atoms with Crippen LogP contribution in [-0.2, 0) is 22.6 Å². The third kappa shape index (κ3) is 5.09. The van der Waals surface area contributed by atoms with E-state index in [1.165, 1.54) is 17.0 Å². The predicted molar refractivity (Wildman–Crippen MR) is 143 cm³/mol. The standard InChI is InChI=1S/C31H31NO6/c1-31(2,3)38-24-13-6-19(7-14-24)18-32-27(20-8-11-23(33)12-9-20)26(29(35)30(32)36)28(34)22-10-15-25-21(17-22)5-4-16-37-25/h6-15,17,27,33-34H,4-5,16,18H2,1-3H3/b28-26-. The Labute approximate surface area is 221 Å². The summed E-state index contributed by atoms with van der Waals surface area (Å²) in [5.41, 5.74) is 2.50. The van der Waals surface area contributed by atoms with E-state index in [1.54, 1.807) is 24.3 Å². The summed E-state index contributed by atoms with van der Waals surface area (Å²) in [6.07, 6.45) is 1.68. The van der Waals surface area contributed by atoms with E-state index >= 15 is 0 Å². The minimum Gasteiger partial charge on any atom is -0.508 e. The van der Waals surface area contributed by atoms with Crippen molar-refractivity contribution >= 4 is 17.4 Å². The second-order valence-corrected chi connectivity index (χ2v) is 10.7. The lowest BCUT2D eigenvalue weighted by Gasteiger charge is -2.26. The molecule has 0 aliphatic carbocycles. The summed E-state index contributed by atoms with van der Waals surface area (Å²) in [6, 6.07) is 18.2. The first-order chi connectivity index (χ1) is 18.1. The topological polar surface area (TPSA) is 96.3 Å². The van der Waals surface area contributed by atoms with Crippen molar-refractivity contribution in [2.24, 2.45) is 0 Å². The Kier molecular flexibility index (Phi) is 6.61.